The molecule has 0 aliphatic rings. The molecule has 0 bridgehead atoms. The van der Waals surface area contributed by atoms with Crippen LogP contribution in [0, 0.1) is 0 Å². The van der Waals surface area contributed by atoms with Gasteiger partial charge >= 0.3 is 0 Å². The summed E-state index contributed by atoms with van der Waals surface area (Å²) in [7, 11) is -3.18. The molecule has 0 saturated heterocycles. The lowest BCUT2D eigenvalue weighted by molar-refractivity contribution is 0.602. The summed E-state index contributed by atoms with van der Waals surface area (Å²) in [5.74, 6) is 0. The number of aromatic nitrogens is 1. The van der Waals surface area contributed by atoms with Crippen molar-refractivity contribution in [1.29, 1.82) is 0 Å². The predicted octanol–water partition coefficient (Wildman–Crippen LogP) is 4.48. The van der Waals surface area contributed by atoms with Crippen LogP contribution in [0.25, 0.3) is 11.1 Å². The van der Waals surface area contributed by atoms with Crippen LogP contribution in [0.5, 0.6) is 0 Å². The molecule has 0 atom stereocenters. The molecule has 0 aliphatic carbocycles. The minimum absolute atomic E-state index is 0.322. The van der Waals surface area contributed by atoms with Gasteiger partial charge in [-0.1, -0.05) is 35.9 Å². The second kappa shape index (κ2) is 6.93. The Bertz CT molecular complexity index is 951. The van der Waals surface area contributed by atoms with E-state index < -0.39 is 9.84 Å². The second-order valence-electron chi connectivity index (χ2n) is 5.31. The fraction of sp³-hybridized carbons (Fsp3) is 0.118. The van der Waals surface area contributed by atoms with Gasteiger partial charge in [0, 0.05) is 23.0 Å². The summed E-state index contributed by atoms with van der Waals surface area (Å²) in [6.45, 7) is 0.654. The Morgan fingerprint density at radius 2 is 1.88 bits per heavy atom. The number of halogens is 1. The van der Waals surface area contributed by atoms with Crippen molar-refractivity contribution in [2.75, 3.05) is 11.6 Å². The molecule has 0 radical (unpaired) electrons. The molecular weight excluding hydrogens is 364 g/mol. The third kappa shape index (κ3) is 4.14. The van der Waals surface area contributed by atoms with Crippen molar-refractivity contribution in [3.8, 4) is 11.1 Å². The Hall–Kier alpha value is -1.89. The summed E-state index contributed by atoms with van der Waals surface area (Å²) in [5.41, 5.74) is 2.96. The van der Waals surface area contributed by atoms with Crippen LogP contribution in [0.4, 0.5) is 5.69 Å². The van der Waals surface area contributed by atoms with Crippen molar-refractivity contribution in [2.24, 2.45) is 0 Å². The molecule has 4 nitrogen and oxygen atoms in total. The maximum absolute atomic E-state index is 11.5. The summed E-state index contributed by atoms with van der Waals surface area (Å²) in [6, 6.07) is 14.9. The zero-order valence-electron chi connectivity index (χ0n) is 12.9. The molecule has 3 rings (SSSR count). The molecule has 2 aromatic carbocycles. The summed E-state index contributed by atoms with van der Waals surface area (Å²) in [5, 5.41) is 3.34. The van der Waals surface area contributed by atoms with Gasteiger partial charge in [0.05, 0.1) is 11.4 Å². The zero-order valence-corrected chi connectivity index (χ0v) is 15.3. The van der Waals surface area contributed by atoms with Crippen molar-refractivity contribution in [1.82, 2.24) is 4.98 Å². The van der Waals surface area contributed by atoms with Gasteiger partial charge in [0.25, 0.3) is 0 Å². The van der Waals surface area contributed by atoms with Gasteiger partial charge < -0.3 is 5.32 Å². The minimum atomic E-state index is -3.18. The normalized spacial score (nSPS) is 11.4. The van der Waals surface area contributed by atoms with Gasteiger partial charge in [-0.25, -0.2) is 13.4 Å². The lowest BCUT2D eigenvalue weighted by atomic mass is 10.1. The first kappa shape index (κ1) is 17.0. The summed E-state index contributed by atoms with van der Waals surface area (Å²) < 4.78 is 23.6. The van der Waals surface area contributed by atoms with E-state index in [2.05, 4.69) is 10.3 Å². The van der Waals surface area contributed by atoms with E-state index in [0.717, 1.165) is 21.7 Å². The van der Waals surface area contributed by atoms with Crippen LogP contribution < -0.4 is 5.32 Å². The predicted molar refractivity (Wildman–Crippen MR) is 99.4 cm³/mol. The van der Waals surface area contributed by atoms with Crippen LogP contribution in [0.3, 0.4) is 0 Å². The van der Waals surface area contributed by atoms with Crippen LogP contribution in [0.2, 0.25) is 4.47 Å². The number of hydrogen-bond donors (Lipinski definition) is 1. The molecule has 1 N–H and O–H groups in total. The number of rotatable bonds is 5. The van der Waals surface area contributed by atoms with E-state index in [1.807, 2.05) is 36.4 Å². The summed E-state index contributed by atoms with van der Waals surface area (Å²) in [6.07, 6.45) is 2.96. The highest BCUT2D eigenvalue weighted by atomic mass is 35.5. The van der Waals surface area contributed by atoms with Gasteiger partial charge in [0.15, 0.2) is 14.3 Å². The van der Waals surface area contributed by atoms with Gasteiger partial charge in [-0.2, -0.15) is 0 Å². The number of anilines is 1. The molecule has 7 heteroatoms. The highest BCUT2D eigenvalue weighted by Gasteiger charge is 2.07. The van der Waals surface area contributed by atoms with Crippen molar-refractivity contribution in [3.05, 3.63) is 64.1 Å². The van der Waals surface area contributed by atoms with Crippen molar-refractivity contribution >= 4 is 38.5 Å². The number of thiazole rings is 1. The van der Waals surface area contributed by atoms with E-state index in [1.165, 1.54) is 17.6 Å². The van der Waals surface area contributed by atoms with Crippen molar-refractivity contribution in [3.63, 3.8) is 0 Å². The number of nitrogens with one attached hydrogen (secondary N) is 1. The molecule has 124 valence electrons. The first-order valence-corrected chi connectivity index (χ1v) is 10.2. The van der Waals surface area contributed by atoms with E-state index in [4.69, 9.17) is 11.6 Å². The quantitative estimate of drug-likeness (QED) is 0.711. The van der Waals surface area contributed by atoms with E-state index in [9.17, 15) is 8.42 Å². The fourth-order valence-electron chi connectivity index (χ4n) is 2.26. The smallest absolute Gasteiger partial charge is 0.183 e. The van der Waals surface area contributed by atoms with Gasteiger partial charge in [-0.3, -0.25) is 0 Å². The SMILES string of the molecule is CS(=O)(=O)c1ccc(-c2cccc(NCc3cnc(Cl)s3)c2)cc1. The summed E-state index contributed by atoms with van der Waals surface area (Å²) in [4.78, 5) is 5.40. The second-order valence-corrected chi connectivity index (χ2v) is 9.02. The summed E-state index contributed by atoms with van der Waals surface area (Å²) >= 11 is 7.28. The topological polar surface area (TPSA) is 59.1 Å². The Kier molecular flexibility index (Phi) is 4.89. The van der Waals surface area contributed by atoms with E-state index >= 15 is 0 Å². The monoisotopic (exact) mass is 378 g/mol. The zero-order chi connectivity index (χ0) is 17.2. The van der Waals surface area contributed by atoms with E-state index in [1.54, 1.807) is 18.3 Å². The Balaban J connectivity index is 1.77. The molecule has 3 aromatic rings. The maximum atomic E-state index is 11.5. The first-order chi connectivity index (χ1) is 11.4. The van der Waals surface area contributed by atoms with Crippen LogP contribution in [-0.2, 0) is 16.4 Å². The van der Waals surface area contributed by atoms with Crippen molar-refractivity contribution < 1.29 is 8.42 Å². The van der Waals surface area contributed by atoms with E-state index in [-0.39, 0.29) is 0 Å². The van der Waals surface area contributed by atoms with Gasteiger partial charge in [0.1, 0.15) is 0 Å². The van der Waals surface area contributed by atoms with Gasteiger partial charge in [0.2, 0.25) is 0 Å². The Morgan fingerprint density at radius 3 is 2.50 bits per heavy atom. The molecule has 0 unspecified atom stereocenters. The molecule has 1 aromatic heterocycles. The van der Waals surface area contributed by atoms with Crippen LogP contribution >= 0.6 is 22.9 Å². The van der Waals surface area contributed by atoms with Crippen molar-refractivity contribution in [2.45, 2.75) is 11.4 Å². The minimum Gasteiger partial charge on any atom is -0.380 e. The lowest BCUT2D eigenvalue weighted by Gasteiger charge is -2.08. The third-order valence-corrected chi connectivity index (χ3v) is 5.71. The first-order valence-electron chi connectivity index (χ1n) is 7.16. The number of benzene rings is 2. The highest BCUT2D eigenvalue weighted by Crippen LogP contribution is 2.25. The molecule has 1 heterocycles. The Labute approximate surface area is 150 Å². The largest absolute Gasteiger partial charge is 0.380 e. The molecule has 0 saturated carbocycles. The number of hydrogen-bond acceptors (Lipinski definition) is 5. The average molecular weight is 379 g/mol. The molecule has 24 heavy (non-hydrogen) atoms. The number of nitrogens with zero attached hydrogens (tertiary/aromatic N) is 1. The molecule has 0 amide bonds. The van der Waals surface area contributed by atoms with Crippen LogP contribution in [-0.4, -0.2) is 19.7 Å². The molecule has 0 aliphatic heterocycles. The fourth-order valence-corrected chi connectivity index (χ4v) is 3.81. The molecular formula is C17H15ClN2O2S2. The van der Waals surface area contributed by atoms with Crippen LogP contribution in [0.15, 0.2) is 59.6 Å². The van der Waals surface area contributed by atoms with E-state index in [0.29, 0.717) is 15.9 Å². The number of sulfone groups is 1. The lowest BCUT2D eigenvalue weighted by Crippen LogP contribution is -1.98. The standard InChI is InChI=1S/C17H15ClN2O2S2/c1-24(21,22)16-7-5-12(6-8-16)13-3-2-4-14(9-13)19-10-15-11-20-17(18)23-15/h2-9,11,19H,10H2,1H3. The Morgan fingerprint density at radius 1 is 1.12 bits per heavy atom. The van der Waals surface area contributed by atoms with Gasteiger partial charge in [-0.05, 0) is 35.4 Å². The van der Waals surface area contributed by atoms with Crippen LogP contribution in [0.1, 0.15) is 4.88 Å². The molecule has 0 fully saturated rings. The van der Waals surface area contributed by atoms with Gasteiger partial charge in [-0.15, -0.1) is 11.3 Å². The molecule has 0 spiro atoms. The maximum Gasteiger partial charge on any atom is 0.183 e. The third-order valence-electron chi connectivity index (χ3n) is 3.47. The highest BCUT2D eigenvalue weighted by molar-refractivity contribution is 7.90. The average Bonchev–Trinajstić information content (AvgIpc) is 2.98.